The van der Waals surface area contributed by atoms with Crippen LogP contribution in [0, 0.1) is 0 Å². The molecule has 2 aromatic rings. The van der Waals surface area contributed by atoms with E-state index in [1.807, 2.05) is 0 Å². The predicted octanol–water partition coefficient (Wildman–Crippen LogP) is 3.70. The van der Waals surface area contributed by atoms with Crippen molar-refractivity contribution in [1.82, 2.24) is 5.32 Å². The van der Waals surface area contributed by atoms with E-state index in [4.69, 9.17) is 27.6 Å². The Bertz CT molecular complexity index is 585. The standard InChI is InChI=1S/C14H14Cl2N2O2/c1-9(14(19)17-8-11-3-2-6-20-11)18-13-7-10(15)4-5-12(13)16/h2-7,9,18H,8H2,1H3,(H,17,19). The first kappa shape index (κ1) is 14.8. The van der Waals surface area contributed by atoms with Gasteiger partial charge in [0, 0.05) is 5.02 Å². The molecule has 0 aliphatic heterocycles. The van der Waals surface area contributed by atoms with Gasteiger partial charge in [0.05, 0.1) is 23.5 Å². The van der Waals surface area contributed by atoms with Crippen molar-refractivity contribution in [1.29, 1.82) is 0 Å². The highest BCUT2D eigenvalue weighted by molar-refractivity contribution is 6.35. The maximum absolute atomic E-state index is 11.9. The third kappa shape index (κ3) is 3.92. The van der Waals surface area contributed by atoms with Crippen molar-refractivity contribution in [2.24, 2.45) is 0 Å². The number of hydrogen-bond donors (Lipinski definition) is 2. The Morgan fingerprint density at radius 3 is 2.85 bits per heavy atom. The maximum Gasteiger partial charge on any atom is 0.242 e. The first-order chi connectivity index (χ1) is 9.56. The van der Waals surface area contributed by atoms with E-state index in [0.29, 0.717) is 28.0 Å². The molecule has 2 N–H and O–H groups in total. The highest BCUT2D eigenvalue weighted by atomic mass is 35.5. The molecule has 0 spiro atoms. The molecule has 1 aromatic heterocycles. The summed E-state index contributed by atoms with van der Waals surface area (Å²) in [5.74, 6) is 0.545. The Hall–Kier alpha value is -1.65. The molecule has 1 heterocycles. The zero-order chi connectivity index (χ0) is 14.5. The van der Waals surface area contributed by atoms with Crippen molar-refractivity contribution in [3.8, 4) is 0 Å². The lowest BCUT2D eigenvalue weighted by atomic mass is 10.2. The molecule has 1 amide bonds. The maximum atomic E-state index is 11.9. The van der Waals surface area contributed by atoms with E-state index in [1.165, 1.54) is 0 Å². The lowest BCUT2D eigenvalue weighted by molar-refractivity contribution is -0.121. The monoisotopic (exact) mass is 312 g/mol. The number of nitrogens with one attached hydrogen (secondary N) is 2. The molecule has 0 bridgehead atoms. The summed E-state index contributed by atoms with van der Waals surface area (Å²) in [5.41, 5.74) is 0.625. The van der Waals surface area contributed by atoms with Crippen LogP contribution in [0.25, 0.3) is 0 Å². The van der Waals surface area contributed by atoms with Gasteiger partial charge in [0.15, 0.2) is 0 Å². The van der Waals surface area contributed by atoms with E-state index in [9.17, 15) is 4.79 Å². The molecular formula is C14H14Cl2N2O2. The number of rotatable bonds is 5. The summed E-state index contributed by atoms with van der Waals surface area (Å²) in [7, 11) is 0. The van der Waals surface area contributed by atoms with Gasteiger partial charge in [-0.2, -0.15) is 0 Å². The number of carbonyl (C=O) groups is 1. The van der Waals surface area contributed by atoms with E-state index in [-0.39, 0.29) is 5.91 Å². The number of amides is 1. The predicted molar refractivity (Wildman–Crippen MR) is 80.1 cm³/mol. The molecule has 0 saturated carbocycles. The summed E-state index contributed by atoms with van der Waals surface area (Å²) >= 11 is 11.9. The molecule has 0 radical (unpaired) electrons. The van der Waals surface area contributed by atoms with Crippen molar-refractivity contribution < 1.29 is 9.21 Å². The Kier molecular flexibility index (Phi) is 4.93. The van der Waals surface area contributed by atoms with Gasteiger partial charge in [-0.1, -0.05) is 23.2 Å². The van der Waals surface area contributed by atoms with E-state index in [0.717, 1.165) is 0 Å². The van der Waals surface area contributed by atoms with Gasteiger partial charge < -0.3 is 15.1 Å². The normalized spacial score (nSPS) is 11.9. The molecule has 0 fully saturated rings. The third-order valence-corrected chi connectivity index (χ3v) is 3.28. The molecular weight excluding hydrogens is 299 g/mol. The molecule has 0 aliphatic carbocycles. The van der Waals surface area contributed by atoms with Crippen molar-refractivity contribution in [2.45, 2.75) is 19.5 Å². The minimum Gasteiger partial charge on any atom is -0.467 e. The van der Waals surface area contributed by atoms with Crippen LogP contribution in [-0.4, -0.2) is 11.9 Å². The van der Waals surface area contributed by atoms with Crippen LogP contribution in [0.3, 0.4) is 0 Å². The van der Waals surface area contributed by atoms with E-state index < -0.39 is 6.04 Å². The second kappa shape index (κ2) is 6.68. The fourth-order valence-corrected chi connectivity index (χ4v) is 1.99. The molecule has 20 heavy (non-hydrogen) atoms. The van der Waals surface area contributed by atoms with Crippen molar-refractivity contribution >= 4 is 34.8 Å². The third-order valence-electron chi connectivity index (χ3n) is 2.71. The zero-order valence-electron chi connectivity index (χ0n) is 10.8. The van der Waals surface area contributed by atoms with E-state index >= 15 is 0 Å². The topological polar surface area (TPSA) is 54.3 Å². The smallest absolute Gasteiger partial charge is 0.242 e. The van der Waals surface area contributed by atoms with Crippen LogP contribution in [0.15, 0.2) is 41.0 Å². The van der Waals surface area contributed by atoms with Crippen LogP contribution in [0.2, 0.25) is 10.0 Å². The summed E-state index contributed by atoms with van der Waals surface area (Å²) in [4.78, 5) is 11.9. The Morgan fingerprint density at radius 1 is 1.35 bits per heavy atom. The van der Waals surface area contributed by atoms with Crippen LogP contribution < -0.4 is 10.6 Å². The molecule has 4 nitrogen and oxygen atoms in total. The molecule has 1 unspecified atom stereocenters. The lowest BCUT2D eigenvalue weighted by Crippen LogP contribution is -2.37. The Morgan fingerprint density at radius 2 is 2.15 bits per heavy atom. The largest absolute Gasteiger partial charge is 0.467 e. The molecule has 0 saturated heterocycles. The van der Waals surface area contributed by atoms with Gasteiger partial charge in [-0.3, -0.25) is 4.79 Å². The number of carbonyl (C=O) groups excluding carboxylic acids is 1. The van der Waals surface area contributed by atoms with Gasteiger partial charge in [-0.15, -0.1) is 0 Å². The average molecular weight is 313 g/mol. The molecule has 106 valence electrons. The number of furan rings is 1. The van der Waals surface area contributed by atoms with Gasteiger partial charge in [0.1, 0.15) is 11.8 Å². The minimum absolute atomic E-state index is 0.155. The number of hydrogen-bond acceptors (Lipinski definition) is 3. The molecule has 0 aliphatic rings. The Balaban J connectivity index is 1.92. The van der Waals surface area contributed by atoms with E-state index in [2.05, 4.69) is 10.6 Å². The Labute approximate surface area is 127 Å². The molecule has 6 heteroatoms. The van der Waals surface area contributed by atoms with Gasteiger partial charge in [-0.05, 0) is 37.3 Å². The average Bonchev–Trinajstić information content (AvgIpc) is 2.93. The summed E-state index contributed by atoms with van der Waals surface area (Å²) in [6, 6.07) is 8.18. The van der Waals surface area contributed by atoms with Crippen LogP contribution in [0.5, 0.6) is 0 Å². The summed E-state index contributed by atoms with van der Waals surface area (Å²) in [5, 5.41) is 6.86. The van der Waals surface area contributed by atoms with Crippen molar-refractivity contribution in [3.63, 3.8) is 0 Å². The van der Waals surface area contributed by atoms with Crippen LogP contribution >= 0.6 is 23.2 Å². The highest BCUT2D eigenvalue weighted by Crippen LogP contribution is 2.25. The fraction of sp³-hybridized carbons (Fsp3) is 0.214. The molecule has 1 aromatic carbocycles. The van der Waals surface area contributed by atoms with Crippen molar-refractivity contribution in [3.05, 3.63) is 52.4 Å². The molecule has 2 rings (SSSR count). The summed E-state index contributed by atoms with van der Waals surface area (Å²) < 4.78 is 5.14. The van der Waals surface area contributed by atoms with Gasteiger partial charge >= 0.3 is 0 Å². The lowest BCUT2D eigenvalue weighted by Gasteiger charge is -2.16. The number of benzene rings is 1. The SMILES string of the molecule is CC(Nc1cc(Cl)ccc1Cl)C(=O)NCc1ccco1. The molecule has 1 atom stereocenters. The highest BCUT2D eigenvalue weighted by Gasteiger charge is 2.14. The fourth-order valence-electron chi connectivity index (χ4n) is 1.65. The van der Waals surface area contributed by atoms with E-state index in [1.54, 1.807) is 43.5 Å². The summed E-state index contributed by atoms with van der Waals surface area (Å²) in [6.45, 7) is 2.09. The zero-order valence-corrected chi connectivity index (χ0v) is 12.3. The minimum atomic E-state index is -0.444. The quantitative estimate of drug-likeness (QED) is 0.885. The van der Waals surface area contributed by atoms with Gasteiger partial charge in [0.25, 0.3) is 0 Å². The van der Waals surface area contributed by atoms with Crippen LogP contribution in [-0.2, 0) is 11.3 Å². The number of anilines is 1. The van der Waals surface area contributed by atoms with Crippen LogP contribution in [0.1, 0.15) is 12.7 Å². The number of halogens is 2. The van der Waals surface area contributed by atoms with Crippen LogP contribution in [0.4, 0.5) is 5.69 Å². The van der Waals surface area contributed by atoms with Gasteiger partial charge in [-0.25, -0.2) is 0 Å². The first-order valence-electron chi connectivity index (χ1n) is 6.08. The second-order valence-electron chi connectivity index (χ2n) is 4.29. The summed E-state index contributed by atoms with van der Waals surface area (Å²) in [6.07, 6.45) is 1.56. The first-order valence-corrected chi connectivity index (χ1v) is 6.83. The van der Waals surface area contributed by atoms with Gasteiger partial charge in [0.2, 0.25) is 5.91 Å². The second-order valence-corrected chi connectivity index (χ2v) is 5.13. The van der Waals surface area contributed by atoms with Crippen molar-refractivity contribution in [2.75, 3.05) is 5.32 Å².